The second-order valence-electron chi connectivity index (χ2n) is 8.44. The third-order valence-electron chi connectivity index (χ3n) is 6.41. The molecule has 3 saturated heterocycles. The first-order chi connectivity index (χ1) is 15.0. The fourth-order valence-electron chi connectivity index (χ4n) is 4.60. The van der Waals surface area contributed by atoms with Crippen LogP contribution in [0.4, 0.5) is 14.5 Å². The van der Waals surface area contributed by atoms with Crippen LogP contribution in [0.2, 0.25) is 0 Å². The van der Waals surface area contributed by atoms with E-state index in [0.29, 0.717) is 25.6 Å². The van der Waals surface area contributed by atoms with Crippen LogP contribution in [0, 0.1) is 17.6 Å². The normalized spacial score (nSPS) is 24.0. The van der Waals surface area contributed by atoms with Gasteiger partial charge in [-0.2, -0.15) is 0 Å². The zero-order valence-electron chi connectivity index (χ0n) is 18.4. The fourth-order valence-corrected chi connectivity index (χ4v) is 4.60. The largest absolute Gasteiger partial charge is 0.371 e. The first kappa shape index (κ1) is 24.9. The number of nitrogens with zero attached hydrogens (tertiary/aromatic N) is 4. The van der Waals surface area contributed by atoms with Gasteiger partial charge in [0.15, 0.2) is 17.6 Å². The number of hydrogen-bond acceptors (Lipinski definition) is 4. The van der Waals surface area contributed by atoms with Crippen molar-refractivity contribution in [3.8, 4) is 0 Å². The molecule has 1 N–H and O–H groups in total. The summed E-state index contributed by atoms with van der Waals surface area (Å²) in [6.45, 7) is 5.88. The van der Waals surface area contributed by atoms with Gasteiger partial charge < -0.3 is 24.8 Å². The van der Waals surface area contributed by atoms with Crippen LogP contribution >= 0.6 is 24.0 Å². The summed E-state index contributed by atoms with van der Waals surface area (Å²) in [7, 11) is 1.77. The molecule has 0 saturated carbocycles. The van der Waals surface area contributed by atoms with Gasteiger partial charge >= 0.3 is 0 Å². The summed E-state index contributed by atoms with van der Waals surface area (Å²) in [6, 6.07) is 4.08. The van der Waals surface area contributed by atoms with Gasteiger partial charge in [0.1, 0.15) is 6.10 Å². The summed E-state index contributed by atoms with van der Waals surface area (Å²) in [5, 5.41) is 3.46. The van der Waals surface area contributed by atoms with E-state index in [-0.39, 0.29) is 36.0 Å². The van der Waals surface area contributed by atoms with Crippen LogP contribution in [0.1, 0.15) is 19.3 Å². The van der Waals surface area contributed by atoms with E-state index in [1.54, 1.807) is 13.1 Å². The van der Waals surface area contributed by atoms with Gasteiger partial charge in [-0.15, -0.1) is 24.0 Å². The third kappa shape index (κ3) is 5.81. The van der Waals surface area contributed by atoms with E-state index in [0.717, 1.165) is 63.6 Å². The molecular weight excluding hydrogens is 531 g/mol. The second-order valence-corrected chi connectivity index (χ2v) is 8.44. The number of anilines is 1. The highest BCUT2D eigenvalue weighted by Crippen LogP contribution is 2.25. The van der Waals surface area contributed by atoms with Crippen molar-refractivity contribution in [3.63, 3.8) is 0 Å². The van der Waals surface area contributed by atoms with Crippen molar-refractivity contribution in [2.75, 3.05) is 64.4 Å². The van der Waals surface area contributed by atoms with E-state index in [1.165, 1.54) is 12.1 Å². The minimum Gasteiger partial charge on any atom is -0.371 e. The molecule has 0 radical (unpaired) electrons. The molecule has 1 aromatic carbocycles. The minimum atomic E-state index is -0.817. The first-order valence-corrected chi connectivity index (χ1v) is 11.1. The summed E-state index contributed by atoms with van der Waals surface area (Å²) in [4.78, 5) is 23.1. The number of ether oxygens (including phenoxy) is 1. The van der Waals surface area contributed by atoms with Crippen LogP contribution in [0.15, 0.2) is 23.2 Å². The lowest BCUT2D eigenvalue weighted by molar-refractivity contribution is -0.142. The quantitative estimate of drug-likeness (QED) is 0.347. The van der Waals surface area contributed by atoms with Crippen LogP contribution in [0.3, 0.4) is 0 Å². The number of halogens is 3. The topological polar surface area (TPSA) is 60.4 Å². The van der Waals surface area contributed by atoms with Gasteiger partial charge in [0.2, 0.25) is 0 Å². The molecule has 0 spiro atoms. The molecule has 3 fully saturated rings. The Kier molecular flexibility index (Phi) is 8.92. The highest BCUT2D eigenvalue weighted by Gasteiger charge is 2.31. The lowest BCUT2D eigenvalue weighted by Gasteiger charge is -2.37. The predicted molar refractivity (Wildman–Crippen MR) is 131 cm³/mol. The van der Waals surface area contributed by atoms with E-state index in [1.807, 2.05) is 4.90 Å². The summed E-state index contributed by atoms with van der Waals surface area (Å²) < 4.78 is 32.2. The molecule has 3 aliphatic heterocycles. The lowest BCUT2D eigenvalue weighted by Crippen LogP contribution is -2.55. The SMILES string of the molecule is CN=C(NCC1CCN(c2ccc(F)c(F)c2)C1)N1CCN(C(=O)C2CCCO2)CC1.I. The standard InChI is InChI=1S/C22H31F2N5O2.HI/c1-25-22(28-10-8-27(9-11-28)21(30)20-3-2-12-31-20)26-14-16-6-7-29(15-16)17-4-5-18(23)19(24)13-17;/h4-5,13,16,20H,2-3,6-12,14-15H2,1H3,(H,25,26);1H. The Bertz CT molecular complexity index is 814. The van der Waals surface area contributed by atoms with Crippen molar-refractivity contribution in [1.29, 1.82) is 0 Å². The smallest absolute Gasteiger partial charge is 0.251 e. The van der Waals surface area contributed by atoms with Crippen molar-refractivity contribution in [1.82, 2.24) is 15.1 Å². The highest BCUT2D eigenvalue weighted by atomic mass is 127. The van der Waals surface area contributed by atoms with Crippen molar-refractivity contribution < 1.29 is 18.3 Å². The summed E-state index contributed by atoms with van der Waals surface area (Å²) in [5.41, 5.74) is 0.720. The number of carbonyl (C=O) groups excluding carboxylic acids is 1. The molecule has 0 aliphatic carbocycles. The zero-order chi connectivity index (χ0) is 21.8. The third-order valence-corrected chi connectivity index (χ3v) is 6.41. The molecule has 4 rings (SSSR count). The number of rotatable bonds is 4. The van der Waals surface area contributed by atoms with Gasteiger partial charge in [-0.25, -0.2) is 8.78 Å². The molecule has 1 aromatic rings. The van der Waals surface area contributed by atoms with Gasteiger partial charge in [-0.05, 0) is 37.3 Å². The number of hydrogen-bond donors (Lipinski definition) is 1. The van der Waals surface area contributed by atoms with E-state index >= 15 is 0 Å². The summed E-state index contributed by atoms with van der Waals surface area (Å²) in [6.07, 6.45) is 2.50. The minimum absolute atomic E-state index is 0. The van der Waals surface area contributed by atoms with Gasteiger partial charge in [0.05, 0.1) is 0 Å². The average Bonchev–Trinajstić information content (AvgIpc) is 3.48. The van der Waals surface area contributed by atoms with Gasteiger partial charge in [0, 0.05) is 71.2 Å². The van der Waals surface area contributed by atoms with Crippen molar-refractivity contribution in [2.45, 2.75) is 25.4 Å². The van der Waals surface area contributed by atoms with Crippen molar-refractivity contribution in [3.05, 3.63) is 29.8 Å². The first-order valence-electron chi connectivity index (χ1n) is 11.1. The molecule has 1 amide bonds. The molecule has 178 valence electrons. The fraction of sp³-hybridized carbons (Fsp3) is 0.636. The predicted octanol–water partition coefficient (Wildman–Crippen LogP) is 2.31. The van der Waals surface area contributed by atoms with Crippen LogP contribution in [0.5, 0.6) is 0 Å². The van der Waals surface area contributed by atoms with Crippen LogP contribution in [0.25, 0.3) is 0 Å². The molecule has 2 atom stereocenters. The average molecular weight is 563 g/mol. The Hall–Kier alpha value is -1.69. The number of aliphatic imine (C=N–C) groups is 1. The second kappa shape index (κ2) is 11.4. The Morgan fingerprint density at radius 3 is 2.53 bits per heavy atom. The molecule has 0 aromatic heterocycles. The molecule has 2 unspecified atom stereocenters. The maximum atomic E-state index is 13.5. The van der Waals surface area contributed by atoms with Crippen molar-refractivity contribution >= 4 is 41.5 Å². The number of guanidine groups is 1. The van der Waals surface area contributed by atoms with Gasteiger partial charge in [-0.3, -0.25) is 9.79 Å². The summed E-state index contributed by atoms with van der Waals surface area (Å²) in [5.74, 6) is -0.273. The van der Waals surface area contributed by atoms with E-state index in [4.69, 9.17) is 4.74 Å². The number of benzene rings is 1. The van der Waals surface area contributed by atoms with E-state index in [9.17, 15) is 13.6 Å². The Labute approximate surface area is 205 Å². The number of carbonyl (C=O) groups is 1. The maximum Gasteiger partial charge on any atom is 0.251 e. The van der Waals surface area contributed by atoms with Crippen molar-refractivity contribution in [2.24, 2.45) is 10.9 Å². The molecular formula is C22H32F2IN5O2. The monoisotopic (exact) mass is 563 g/mol. The maximum absolute atomic E-state index is 13.5. The van der Waals surface area contributed by atoms with E-state index in [2.05, 4.69) is 20.1 Å². The van der Waals surface area contributed by atoms with Gasteiger partial charge in [0.25, 0.3) is 5.91 Å². The summed E-state index contributed by atoms with van der Waals surface area (Å²) >= 11 is 0. The molecule has 0 bridgehead atoms. The highest BCUT2D eigenvalue weighted by molar-refractivity contribution is 14.0. The Balaban J connectivity index is 0.00000289. The van der Waals surface area contributed by atoms with Crippen LogP contribution < -0.4 is 10.2 Å². The lowest BCUT2D eigenvalue weighted by atomic mass is 10.1. The molecule has 7 nitrogen and oxygen atoms in total. The molecule has 10 heteroatoms. The van der Waals surface area contributed by atoms with Crippen LogP contribution in [-0.2, 0) is 9.53 Å². The Morgan fingerprint density at radius 2 is 1.88 bits per heavy atom. The molecule has 32 heavy (non-hydrogen) atoms. The number of amides is 1. The number of piperazine rings is 1. The zero-order valence-corrected chi connectivity index (χ0v) is 20.8. The van der Waals surface area contributed by atoms with E-state index < -0.39 is 11.6 Å². The number of nitrogens with one attached hydrogen (secondary N) is 1. The molecule has 3 heterocycles. The Morgan fingerprint density at radius 1 is 1.12 bits per heavy atom. The van der Waals surface area contributed by atoms with Crippen LogP contribution in [-0.4, -0.2) is 87.2 Å². The molecule has 3 aliphatic rings. The van der Waals surface area contributed by atoms with Gasteiger partial charge in [-0.1, -0.05) is 0 Å².